The van der Waals surface area contributed by atoms with Crippen LogP contribution in [0.15, 0.2) is 59.0 Å². The second-order valence-electron chi connectivity index (χ2n) is 8.15. The van der Waals surface area contributed by atoms with E-state index in [1.165, 1.54) is 0 Å². The van der Waals surface area contributed by atoms with Crippen molar-refractivity contribution in [3.8, 4) is 11.8 Å². The van der Waals surface area contributed by atoms with Gasteiger partial charge in [0, 0.05) is 37.1 Å². The van der Waals surface area contributed by atoms with E-state index in [1.807, 2.05) is 59.5 Å². The Labute approximate surface area is 182 Å². The molecule has 0 aliphatic carbocycles. The minimum atomic E-state index is -0.127. The van der Waals surface area contributed by atoms with Gasteiger partial charge in [0.05, 0.1) is 6.07 Å². The number of hydrogen-bond donors (Lipinski definition) is 0. The maximum atomic E-state index is 13.4. The zero-order valence-corrected chi connectivity index (χ0v) is 18.0. The Morgan fingerprint density at radius 3 is 2.42 bits per heavy atom. The molecular formula is C25H27N3O3. The molecule has 0 N–H and O–H groups in total. The molecule has 1 fully saturated rings. The van der Waals surface area contributed by atoms with Gasteiger partial charge >= 0.3 is 0 Å². The van der Waals surface area contributed by atoms with Gasteiger partial charge < -0.3 is 14.1 Å². The van der Waals surface area contributed by atoms with Crippen molar-refractivity contribution in [3.05, 3.63) is 65.9 Å². The van der Waals surface area contributed by atoms with Gasteiger partial charge in [-0.1, -0.05) is 50.2 Å². The van der Waals surface area contributed by atoms with E-state index in [9.17, 15) is 10.1 Å². The third kappa shape index (κ3) is 4.42. The van der Waals surface area contributed by atoms with Crippen molar-refractivity contribution in [1.82, 2.24) is 9.80 Å². The van der Waals surface area contributed by atoms with Gasteiger partial charge in [0.2, 0.25) is 0 Å². The zero-order valence-electron chi connectivity index (χ0n) is 18.0. The molecule has 1 amide bonds. The Balaban J connectivity index is 1.54. The van der Waals surface area contributed by atoms with Crippen LogP contribution < -0.4 is 4.74 Å². The summed E-state index contributed by atoms with van der Waals surface area (Å²) in [6, 6.07) is 19.5. The van der Waals surface area contributed by atoms with Crippen LogP contribution in [0.2, 0.25) is 0 Å². The Bertz CT molecular complexity index is 1080. The van der Waals surface area contributed by atoms with E-state index in [-0.39, 0.29) is 24.5 Å². The first kappa shape index (κ1) is 21.0. The Morgan fingerprint density at radius 2 is 1.74 bits per heavy atom. The van der Waals surface area contributed by atoms with Gasteiger partial charge in [-0.15, -0.1) is 0 Å². The fourth-order valence-corrected chi connectivity index (χ4v) is 4.09. The largest absolute Gasteiger partial charge is 0.489 e. The molecule has 2 heterocycles. The summed E-state index contributed by atoms with van der Waals surface area (Å²) in [5.41, 5.74) is 1.45. The summed E-state index contributed by atoms with van der Waals surface area (Å²) < 4.78 is 12.0. The predicted molar refractivity (Wildman–Crippen MR) is 119 cm³/mol. The number of rotatable bonds is 6. The number of furan rings is 1. The van der Waals surface area contributed by atoms with E-state index in [2.05, 4.69) is 24.8 Å². The molecular weight excluding hydrogens is 390 g/mol. The van der Waals surface area contributed by atoms with Gasteiger partial charge in [0.15, 0.2) is 5.76 Å². The highest BCUT2D eigenvalue weighted by Crippen LogP contribution is 2.29. The number of nitrogens with zero attached hydrogens (tertiary/aromatic N) is 3. The maximum Gasteiger partial charge on any atom is 0.290 e. The lowest BCUT2D eigenvalue weighted by molar-refractivity contribution is 0.0547. The van der Waals surface area contributed by atoms with Crippen molar-refractivity contribution in [3.63, 3.8) is 0 Å². The first-order valence-electron chi connectivity index (χ1n) is 10.7. The van der Waals surface area contributed by atoms with Gasteiger partial charge in [-0.2, -0.15) is 5.26 Å². The average molecular weight is 418 g/mol. The number of benzene rings is 2. The predicted octanol–water partition coefficient (Wildman–Crippen LogP) is 4.32. The molecule has 0 spiro atoms. The summed E-state index contributed by atoms with van der Waals surface area (Å²) >= 11 is 0. The molecule has 1 atom stereocenters. The number of amides is 1. The number of fused-ring (bicyclic) bond motifs is 1. The van der Waals surface area contributed by atoms with Crippen LogP contribution in [0, 0.1) is 17.2 Å². The minimum absolute atomic E-state index is 0.124. The van der Waals surface area contributed by atoms with Crippen molar-refractivity contribution in [2.24, 2.45) is 5.92 Å². The second-order valence-corrected chi connectivity index (χ2v) is 8.15. The molecule has 1 unspecified atom stereocenters. The van der Waals surface area contributed by atoms with Crippen LogP contribution in [0.3, 0.4) is 0 Å². The molecule has 1 aliphatic rings. The zero-order chi connectivity index (χ0) is 21.8. The topological polar surface area (TPSA) is 69.7 Å². The lowest BCUT2D eigenvalue weighted by Crippen LogP contribution is -2.52. The molecule has 6 heteroatoms. The van der Waals surface area contributed by atoms with Crippen LogP contribution in [0.25, 0.3) is 11.0 Å². The van der Waals surface area contributed by atoms with Gasteiger partial charge in [-0.25, -0.2) is 0 Å². The molecule has 0 saturated carbocycles. The Kier molecular flexibility index (Phi) is 6.24. The van der Waals surface area contributed by atoms with Crippen LogP contribution in [0.4, 0.5) is 0 Å². The number of piperazine rings is 1. The minimum Gasteiger partial charge on any atom is -0.489 e. The smallest absolute Gasteiger partial charge is 0.290 e. The van der Waals surface area contributed by atoms with E-state index in [1.54, 1.807) is 0 Å². The normalized spacial score (nSPS) is 15.7. The van der Waals surface area contributed by atoms with E-state index in [4.69, 9.17) is 9.15 Å². The van der Waals surface area contributed by atoms with Gasteiger partial charge in [0.1, 0.15) is 24.0 Å². The molecule has 1 aliphatic heterocycles. The molecule has 4 rings (SSSR count). The molecule has 1 aromatic heterocycles. The first-order valence-corrected chi connectivity index (χ1v) is 10.7. The number of hydrogen-bond acceptors (Lipinski definition) is 5. The number of ether oxygens (including phenoxy) is 1. The van der Waals surface area contributed by atoms with Crippen LogP contribution in [0.5, 0.6) is 5.75 Å². The van der Waals surface area contributed by atoms with Gasteiger partial charge in [-0.05, 0) is 24.1 Å². The van der Waals surface area contributed by atoms with E-state index >= 15 is 0 Å². The number of nitriles is 1. The molecule has 2 aromatic carbocycles. The summed E-state index contributed by atoms with van der Waals surface area (Å²) in [7, 11) is 0. The van der Waals surface area contributed by atoms with Crippen molar-refractivity contribution in [2.75, 3.05) is 26.2 Å². The highest BCUT2D eigenvalue weighted by atomic mass is 16.5. The van der Waals surface area contributed by atoms with Crippen molar-refractivity contribution in [2.45, 2.75) is 26.5 Å². The number of para-hydroxylation sites is 2. The summed E-state index contributed by atoms with van der Waals surface area (Å²) in [5, 5.41) is 10.4. The quantitative estimate of drug-likeness (QED) is 0.597. The van der Waals surface area contributed by atoms with Crippen molar-refractivity contribution >= 4 is 16.9 Å². The first-order chi connectivity index (χ1) is 15.1. The molecule has 6 nitrogen and oxygen atoms in total. The van der Waals surface area contributed by atoms with Crippen LogP contribution >= 0.6 is 0 Å². The molecule has 1 saturated heterocycles. The van der Waals surface area contributed by atoms with Crippen LogP contribution in [0.1, 0.15) is 30.0 Å². The Morgan fingerprint density at radius 1 is 1.06 bits per heavy atom. The molecule has 0 bridgehead atoms. The van der Waals surface area contributed by atoms with E-state index < -0.39 is 0 Å². The van der Waals surface area contributed by atoms with Crippen LogP contribution in [-0.4, -0.2) is 47.9 Å². The molecule has 3 aromatic rings. The molecule has 31 heavy (non-hydrogen) atoms. The Hall–Kier alpha value is -3.30. The van der Waals surface area contributed by atoms with Crippen molar-refractivity contribution in [1.29, 1.82) is 5.26 Å². The standard InChI is InChI=1S/C25H27N3O3/c1-18(2)22(16-26)27-12-14-28(15-13-27)25(29)24-21(17-30-19-8-4-3-5-9-19)20-10-6-7-11-23(20)31-24/h3-11,18,22H,12-15,17H2,1-2H3. The summed E-state index contributed by atoms with van der Waals surface area (Å²) in [4.78, 5) is 17.3. The summed E-state index contributed by atoms with van der Waals surface area (Å²) in [6.07, 6.45) is 0. The summed E-state index contributed by atoms with van der Waals surface area (Å²) in [6.45, 7) is 6.86. The second kappa shape index (κ2) is 9.23. The van der Waals surface area contributed by atoms with E-state index in [0.29, 0.717) is 37.5 Å². The lowest BCUT2D eigenvalue weighted by Gasteiger charge is -2.37. The van der Waals surface area contributed by atoms with Gasteiger partial charge in [-0.3, -0.25) is 9.69 Å². The third-order valence-corrected chi connectivity index (χ3v) is 5.78. The fourth-order valence-electron chi connectivity index (χ4n) is 4.09. The van der Waals surface area contributed by atoms with Gasteiger partial charge in [0.25, 0.3) is 5.91 Å². The van der Waals surface area contributed by atoms with Crippen LogP contribution in [-0.2, 0) is 6.61 Å². The average Bonchev–Trinajstić information content (AvgIpc) is 3.17. The summed E-state index contributed by atoms with van der Waals surface area (Å²) in [5.74, 6) is 1.22. The molecule has 0 radical (unpaired) electrons. The third-order valence-electron chi connectivity index (χ3n) is 5.78. The monoisotopic (exact) mass is 417 g/mol. The number of carbonyl (C=O) groups excluding carboxylic acids is 1. The fraction of sp³-hybridized carbons (Fsp3) is 0.360. The lowest BCUT2D eigenvalue weighted by atomic mass is 10.0. The maximum absolute atomic E-state index is 13.4. The molecule has 160 valence electrons. The SMILES string of the molecule is CC(C)C(C#N)N1CCN(C(=O)c2oc3ccccc3c2COc2ccccc2)CC1. The van der Waals surface area contributed by atoms with Crippen molar-refractivity contribution < 1.29 is 13.9 Å². The highest BCUT2D eigenvalue weighted by Gasteiger charge is 2.31. The highest BCUT2D eigenvalue weighted by molar-refractivity contribution is 5.99. The number of carbonyl (C=O) groups is 1. The van der Waals surface area contributed by atoms with E-state index in [0.717, 1.165) is 16.7 Å².